The summed E-state index contributed by atoms with van der Waals surface area (Å²) in [7, 11) is -0.830. The summed E-state index contributed by atoms with van der Waals surface area (Å²) in [6.45, 7) is 2.00. The Balaban J connectivity index is 2.04. The Hall–Kier alpha value is -2.29. The lowest BCUT2D eigenvalue weighted by Gasteiger charge is -2.20. The van der Waals surface area contributed by atoms with Gasteiger partial charge >= 0.3 is 5.97 Å². The summed E-state index contributed by atoms with van der Waals surface area (Å²) in [5.41, 5.74) is -0.974. The number of hydrogen-bond acceptors (Lipinski definition) is 6. The molecule has 0 aliphatic carbocycles. The van der Waals surface area contributed by atoms with Crippen molar-refractivity contribution in [3.05, 3.63) is 18.2 Å². The van der Waals surface area contributed by atoms with Crippen LogP contribution in [0.4, 0.5) is 0 Å². The maximum absolute atomic E-state index is 12.5. The number of rotatable bonds is 7. The van der Waals surface area contributed by atoms with Gasteiger partial charge in [0.15, 0.2) is 21.3 Å². The van der Waals surface area contributed by atoms with Gasteiger partial charge in [-0.1, -0.05) is 0 Å². The molecule has 0 spiro atoms. The number of methoxy groups -OCH3 is 2. The van der Waals surface area contributed by atoms with Crippen LogP contribution < -0.4 is 9.47 Å². The Labute approximate surface area is 152 Å². The molecule has 8 nitrogen and oxygen atoms in total. The van der Waals surface area contributed by atoms with Gasteiger partial charge in [-0.05, 0) is 25.5 Å². The quantitative estimate of drug-likeness (QED) is 0.750. The molecule has 0 aromatic heterocycles. The fourth-order valence-corrected chi connectivity index (χ4v) is 4.10. The molecule has 144 valence electrons. The average molecular weight is 385 g/mol. The largest absolute Gasteiger partial charge is 0.493 e. The van der Waals surface area contributed by atoms with E-state index in [1.165, 1.54) is 37.3 Å². The minimum absolute atomic E-state index is 0.0414. The van der Waals surface area contributed by atoms with Gasteiger partial charge in [0.1, 0.15) is 0 Å². The molecular formula is C17H23NO7S. The summed E-state index contributed by atoms with van der Waals surface area (Å²) in [5.74, 6) is -0.976. The van der Waals surface area contributed by atoms with Gasteiger partial charge in [0.05, 0.1) is 30.3 Å². The zero-order valence-electron chi connectivity index (χ0n) is 15.0. The van der Waals surface area contributed by atoms with Gasteiger partial charge in [0.2, 0.25) is 5.91 Å². The van der Waals surface area contributed by atoms with Crippen molar-refractivity contribution in [3.63, 3.8) is 0 Å². The summed E-state index contributed by atoms with van der Waals surface area (Å²) in [6, 6.07) is 4.25. The van der Waals surface area contributed by atoms with Crippen LogP contribution in [0.3, 0.4) is 0 Å². The Morgan fingerprint density at radius 1 is 1.23 bits per heavy atom. The highest BCUT2D eigenvalue weighted by molar-refractivity contribution is 7.91. The van der Waals surface area contributed by atoms with Crippen molar-refractivity contribution in [2.45, 2.75) is 24.7 Å². The van der Waals surface area contributed by atoms with Crippen LogP contribution >= 0.6 is 0 Å². The number of carbonyl (C=O) groups excluding carboxylic acids is 1. The first-order chi connectivity index (χ1) is 12.1. The van der Waals surface area contributed by atoms with Crippen LogP contribution in [0.15, 0.2) is 23.1 Å². The van der Waals surface area contributed by atoms with E-state index in [-0.39, 0.29) is 35.3 Å². The van der Waals surface area contributed by atoms with Crippen molar-refractivity contribution in [2.75, 3.05) is 33.1 Å². The van der Waals surface area contributed by atoms with E-state index in [2.05, 4.69) is 0 Å². The smallest absolute Gasteiger partial charge is 0.311 e. The van der Waals surface area contributed by atoms with E-state index in [4.69, 9.17) is 9.47 Å². The maximum atomic E-state index is 12.5. The van der Waals surface area contributed by atoms with Gasteiger partial charge in [0.25, 0.3) is 0 Å². The fourth-order valence-electron chi connectivity index (χ4n) is 2.86. The number of aliphatic carboxylic acids is 1. The first-order valence-electron chi connectivity index (χ1n) is 8.09. The summed E-state index contributed by atoms with van der Waals surface area (Å²) in [5, 5.41) is 9.22. The van der Waals surface area contributed by atoms with Crippen molar-refractivity contribution in [1.29, 1.82) is 0 Å². The Kier molecular flexibility index (Phi) is 5.80. The number of carboxylic acid groups (broad SMARTS) is 1. The molecule has 1 aromatic rings. The molecule has 0 bridgehead atoms. The van der Waals surface area contributed by atoms with Gasteiger partial charge in [-0.3, -0.25) is 9.59 Å². The molecule has 1 fully saturated rings. The Bertz CT molecular complexity index is 805. The highest BCUT2D eigenvalue weighted by Crippen LogP contribution is 2.31. The SMILES string of the molecule is COc1ccc(S(=O)(=O)CCC(=O)N2CCC(C)(C(=O)O)C2)cc1OC. The predicted octanol–water partition coefficient (Wildman–Crippen LogP) is 1.19. The van der Waals surface area contributed by atoms with Gasteiger partial charge in [-0.25, -0.2) is 8.42 Å². The van der Waals surface area contributed by atoms with Crippen LogP contribution in [-0.4, -0.2) is 63.4 Å². The molecule has 2 rings (SSSR count). The van der Waals surface area contributed by atoms with Gasteiger partial charge < -0.3 is 19.5 Å². The van der Waals surface area contributed by atoms with E-state index in [9.17, 15) is 23.1 Å². The summed E-state index contributed by atoms with van der Waals surface area (Å²) < 4.78 is 35.2. The van der Waals surface area contributed by atoms with Crippen LogP contribution in [0.25, 0.3) is 0 Å². The molecular weight excluding hydrogens is 362 g/mol. The lowest BCUT2D eigenvalue weighted by Crippen LogP contribution is -2.35. The third-order valence-corrected chi connectivity index (χ3v) is 6.35. The molecule has 1 aliphatic rings. The standard InChI is InChI=1S/C17H23NO7S/c1-17(16(20)21)7-8-18(11-17)15(19)6-9-26(22,23)12-4-5-13(24-2)14(10-12)25-3/h4-5,10H,6-9,11H2,1-3H3,(H,20,21). The van der Waals surface area contributed by atoms with Crippen molar-refractivity contribution in [3.8, 4) is 11.5 Å². The summed E-state index contributed by atoms with van der Waals surface area (Å²) in [6.07, 6.45) is 0.156. The lowest BCUT2D eigenvalue weighted by molar-refractivity contribution is -0.147. The molecule has 1 atom stereocenters. The number of carbonyl (C=O) groups is 2. The number of likely N-dealkylation sites (tertiary alicyclic amines) is 1. The van der Waals surface area contributed by atoms with E-state index in [0.717, 1.165) is 0 Å². The van der Waals surface area contributed by atoms with Crippen molar-refractivity contribution < 1.29 is 32.6 Å². The molecule has 1 aliphatic heterocycles. The number of hydrogen-bond donors (Lipinski definition) is 1. The highest BCUT2D eigenvalue weighted by atomic mass is 32.2. The summed E-state index contributed by atoms with van der Waals surface area (Å²) in [4.78, 5) is 25.0. The van der Waals surface area contributed by atoms with Gasteiger partial charge in [-0.2, -0.15) is 0 Å². The molecule has 0 saturated carbocycles. The van der Waals surface area contributed by atoms with Gasteiger partial charge in [-0.15, -0.1) is 0 Å². The van der Waals surface area contributed by atoms with Crippen LogP contribution in [0.5, 0.6) is 11.5 Å². The zero-order valence-corrected chi connectivity index (χ0v) is 15.8. The number of carboxylic acids is 1. The topological polar surface area (TPSA) is 110 Å². The van der Waals surface area contributed by atoms with Crippen LogP contribution in [0.2, 0.25) is 0 Å². The normalized spacial score (nSPS) is 20.0. The minimum Gasteiger partial charge on any atom is -0.493 e. The second-order valence-corrected chi connectivity index (χ2v) is 8.63. The molecule has 1 saturated heterocycles. The predicted molar refractivity (Wildman–Crippen MR) is 93.2 cm³/mol. The molecule has 1 heterocycles. The average Bonchev–Trinajstić information content (AvgIpc) is 3.03. The monoisotopic (exact) mass is 385 g/mol. The number of benzene rings is 1. The van der Waals surface area contributed by atoms with Crippen molar-refractivity contribution in [2.24, 2.45) is 5.41 Å². The number of ether oxygens (including phenoxy) is 2. The summed E-state index contributed by atoms with van der Waals surface area (Å²) >= 11 is 0. The van der Waals surface area contributed by atoms with Crippen molar-refractivity contribution in [1.82, 2.24) is 4.90 Å². The Morgan fingerprint density at radius 3 is 2.42 bits per heavy atom. The highest BCUT2D eigenvalue weighted by Gasteiger charge is 2.42. The van der Waals surface area contributed by atoms with E-state index >= 15 is 0 Å². The molecule has 1 N–H and O–H groups in total. The van der Waals surface area contributed by atoms with Crippen LogP contribution in [0.1, 0.15) is 19.8 Å². The van der Waals surface area contributed by atoms with Crippen molar-refractivity contribution >= 4 is 21.7 Å². The third kappa shape index (κ3) is 4.09. The maximum Gasteiger partial charge on any atom is 0.311 e. The molecule has 1 unspecified atom stereocenters. The van der Waals surface area contributed by atoms with E-state index < -0.39 is 21.2 Å². The molecule has 26 heavy (non-hydrogen) atoms. The third-order valence-electron chi connectivity index (χ3n) is 4.64. The molecule has 1 aromatic carbocycles. The van der Waals surface area contributed by atoms with E-state index in [1.54, 1.807) is 6.92 Å². The molecule has 9 heteroatoms. The minimum atomic E-state index is -3.69. The first-order valence-corrected chi connectivity index (χ1v) is 9.74. The first kappa shape index (κ1) is 20.0. The lowest BCUT2D eigenvalue weighted by atomic mass is 9.90. The van der Waals surface area contributed by atoms with Crippen LogP contribution in [-0.2, 0) is 19.4 Å². The van der Waals surface area contributed by atoms with E-state index in [1.807, 2.05) is 0 Å². The molecule has 1 amide bonds. The number of nitrogens with zero attached hydrogens (tertiary/aromatic N) is 1. The zero-order chi connectivity index (χ0) is 19.5. The van der Waals surface area contributed by atoms with Gasteiger partial charge in [0, 0.05) is 25.6 Å². The fraction of sp³-hybridized carbons (Fsp3) is 0.529. The number of amides is 1. The van der Waals surface area contributed by atoms with Crippen LogP contribution in [0, 0.1) is 5.41 Å². The van der Waals surface area contributed by atoms with E-state index in [0.29, 0.717) is 18.7 Å². The second-order valence-electron chi connectivity index (χ2n) is 6.52. The number of sulfone groups is 1. The second kappa shape index (κ2) is 7.53. The Morgan fingerprint density at radius 2 is 1.88 bits per heavy atom. The molecule has 0 radical (unpaired) electrons.